The minimum absolute atomic E-state index is 0.474. The Morgan fingerprint density at radius 3 is 2.63 bits per heavy atom. The first-order valence-corrected chi connectivity index (χ1v) is 7.55. The van der Waals surface area contributed by atoms with Crippen LogP contribution in [0.1, 0.15) is 31.2 Å². The Hall–Kier alpha value is -0.580. The van der Waals surface area contributed by atoms with Crippen LogP contribution in [0.5, 0.6) is 5.75 Å². The van der Waals surface area contributed by atoms with Gasteiger partial charge < -0.3 is 9.84 Å². The van der Waals surface area contributed by atoms with Crippen LogP contribution in [0.15, 0.2) is 22.7 Å². The summed E-state index contributed by atoms with van der Waals surface area (Å²) in [6, 6.07) is 6.12. The molecule has 0 radical (unpaired) electrons. The lowest BCUT2D eigenvalue weighted by atomic mass is 10.0. The molecule has 0 aliphatic heterocycles. The Balaban J connectivity index is 1.95. The number of methoxy groups -OCH3 is 1. The lowest BCUT2D eigenvalue weighted by Crippen LogP contribution is -2.38. The Kier molecular flexibility index (Phi) is 4.87. The molecule has 1 aromatic rings. The van der Waals surface area contributed by atoms with Crippen molar-refractivity contribution in [1.29, 1.82) is 0 Å². The molecule has 2 rings (SSSR count). The van der Waals surface area contributed by atoms with E-state index >= 15 is 0 Å². The van der Waals surface area contributed by atoms with Gasteiger partial charge in [0, 0.05) is 13.1 Å². The van der Waals surface area contributed by atoms with Gasteiger partial charge in [0.1, 0.15) is 5.75 Å². The Morgan fingerprint density at radius 2 is 2.05 bits per heavy atom. The number of rotatable bonds is 5. The van der Waals surface area contributed by atoms with Crippen LogP contribution in [-0.2, 0) is 6.54 Å². The second-order valence-electron chi connectivity index (χ2n) is 5.57. The lowest BCUT2D eigenvalue weighted by Gasteiger charge is -2.28. The van der Waals surface area contributed by atoms with Crippen molar-refractivity contribution >= 4 is 15.9 Å². The third kappa shape index (κ3) is 3.94. The molecule has 4 heteroatoms. The molecule has 3 nitrogen and oxygen atoms in total. The van der Waals surface area contributed by atoms with E-state index < -0.39 is 5.60 Å². The summed E-state index contributed by atoms with van der Waals surface area (Å²) in [6.07, 6.45) is 4.17. The normalized spacial score (nSPS) is 17.9. The SMILES string of the molecule is COc1ccc(CN(C)CC2(O)CCCC2)cc1Br. The van der Waals surface area contributed by atoms with E-state index in [4.69, 9.17) is 4.74 Å². The van der Waals surface area contributed by atoms with Crippen molar-refractivity contribution in [2.45, 2.75) is 37.8 Å². The van der Waals surface area contributed by atoms with E-state index in [-0.39, 0.29) is 0 Å². The van der Waals surface area contributed by atoms with Gasteiger partial charge >= 0.3 is 0 Å². The highest BCUT2D eigenvalue weighted by molar-refractivity contribution is 9.10. The van der Waals surface area contributed by atoms with E-state index in [1.54, 1.807) is 7.11 Å². The summed E-state index contributed by atoms with van der Waals surface area (Å²) >= 11 is 3.50. The van der Waals surface area contributed by atoms with E-state index in [2.05, 4.69) is 40.0 Å². The third-order valence-electron chi connectivity index (χ3n) is 3.77. The lowest BCUT2D eigenvalue weighted by molar-refractivity contribution is 0.0145. The van der Waals surface area contributed by atoms with Crippen molar-refractivity contribution in [2.75, 3.05) is 20.7 Å². The summed E-state index contributed by atoms with van der Waals surface area (Å²) in [4.78, 5) is 2.19. The second-order valence-corrected chi connectivity index (χ2v) is 6.43. The highest BCUT2D eigenvalue weighted by Gasteiger charge is 2.32. The molecule has 1 aliphatic rings. The molecule has 0 heterocycles. The Morgan fingerprint density at radius 1 is 1.37 bits per heavy atom. The van der Waals surface area contributed by atoms with Crippen LogP contribution >= 0.6 is 15.9 Å². The van der Waals surface area contributed by atoms with Crippen LogP contribution in [0.4, 0.5) is 0 Å². The maximum absolute atomic E-state index is 10.4. The smallest absolute Gasteiger partial charge is 0.133 e. The van der Waals surface area contributed by atoms with Gasteiger partial charge in [-0.3, -0.25) is 4.90 Å². The number of benzene rings is 1. The number of aliphatic hydroxyl groups is 1. The van der Waals surface area contributed by atoms with Crippen LogP contribution in [0.3, 0.4) is 0 Å². The predicted molar refractivity (Wildman–Crippen MR) is 80.4 cm³/mol. The molecule has 19 heavy (non-hydrogen) atoms. The zero-order valence-corrected chi connectivity index (χ0v) is 13.2. The first-order chi connectivity index (χ1) is 9.02. The Labute approximate surface area is 123 Å². The molecule has 1 saturated carbocycles. The number of hydrogen-bond acceptors (Lipinski definition) is 3. The Bertz CT molecular complexity index is 430. The van der Waals surface area contributed by atoms with Gasteiger partial charge in [-0.15, -0.1) is 0 Å². The standard InChI is InChI=1S/C15H22BrNO2/c1-17(11-15(18)7-3-4-8-15)10-12-5-6-14(19-2)13(16)9-12/h5-6,9,18H,3-4,7-8,10-11H2,1-2H3. The molecular formula is C15H22BrNO2. The fraction of sp³-hybridized carbons (Fsp3) is 0.600. The number of ether oxygens (including phenoxy) is 1. The summed E-state index contributed by atoms with van der Waals surface area (Å²) in [5.74, 6) is 0.848. The van der Waals surface area contributed by atoms with E-state index in [9.17, 15) is 5.11 Å². The van der Waals surface area contributed by atoms with Gasteiger partial charge in [0.15, 0.2) is 0 Å². The van der Waals surface area contributed by atoms with Crippen molar-refractivity contribution in [3.63, 3.8) is 0 Å². The molecule has 0 unspecified atom stereocenters. The quantitative estimate of drug-likeness (QED) is 0.901. The highest BCUT2D eigenvalue weighted by atomic mass is 79.9. The van der Waals surface area contributed by atoms with Gasteiger partial charge in [-0.1, -0.05) is 18.9 Å². The van der Waals surface area contributed by atoms with Crippen LogP contribution in [-0.4, -0.2) is 36.3 Å². The average Bonchev–Trinajstić information content (AvgIpc) is 2.75. The molecule has 0 amide bonds. The largest absolute Gasteiger partial charge is 0.496 e. The molecule has 0 saturated heterocycles. The third-order valence-corrected chi connectivity index (χ3v) is 4.39. The topological polar surface area (TPSA) is 32.7 Å². The second kappa shape index (κ2) is 6.25. The van der Waals surface area contributed by atoms with E-state index in [1.807, 2.05) is 6.07 Å². The van der Waals surface area contributed by atoms with Gasteiger partial charge in [0.25, 0.3) is 0 Å². The summed E-state index contributed by atoms with van der Waals surface area (Å²) in [5.41, 5.74) is 0.745. The maximum Gasteiger partial charge on any atom is 0.133 e. The molecule has 1 aromatic carbocycles. The van der Waals surface area contributed by atoms with Crippen molar-refractivity contribution in [2.24, 2.45) is 0 Å². The van der Waals surface area contributed by atoms with Gasteiger partial charge in [-0.2, -0.15) is 0 Å². The molecule has 1 N–H and O–H groups in total. The van der Waals surface area contributed by atoms with Crippen molar-refractivity contribution in [1.82, 2.24) is 4.90 Å². The summed E-state index contributed by atoms with van der Waals surface area (Å²) < 4.78 is 6.20. The zero-order chi connectivity index (χ0) is 13.9. The van der Waals surface area contributed by atoms with Gasteiger partial charge in [-0.25, -0.2) is 0 Å². The van der Waals surface area contributed by atoms with Crippen LogP contribution in [0.25, 0.3) is 0 Å². The van der Waals surface area contributed by atoms with Crippen LogP contribution in [0.2, 0.25) is 0 Å². The molecule has 0 atom stereocenters. The van der Waals surface area contributed by atoms with Crippen LogP contribution < -0.4 is 4.74 Å². The zero-order valence-electron chi connectivity index (χ0n) is 11.7. The number of nitrogens with zero attached hydrogens (tertiary/aromatic N) is 1. The molecular weight excluding hydrogens is 306 g/mol. The first-order valence-electron chi connectivity index (χ1n) is 6.76. The van der Waals surface area contributed by atoms with Crippen molar-refractivity contribution in [3.05, 3.63) is 28.2 Å². The van der Waals surface area contributed by atoms with E-state index in [0.29, 0.717) is 0 Å². The fourth-order valence-corrected chi connectivity index (χ4v) is 3.46. The summed E-state index contributed by atoms with van der Waals surface area (Å²) in [6.45, 7) is 1.58. The van der Waals surface area contributed by atoms with E-state index in [1.165, 1.54) is 5.56 Å². The minimum Gasteiger partial charge on any atom is -0.496 e. The van der Waals surface area contributed by atoms with Crippen molar-refractivity contribution in [3.8, 4) is 5.75 Å². The molecule has 0 spiro atoms. The number of likely N-dealkylation sites (N-methyl/N-ethyl adjacent to an activating group) is 1. The van der Waals surface area contributed by atoms with E-state index in [0.717, 1.165) is 49.0 Å². The number of halogens is 1. The summed E-state index contributed by atoms with van der Waals surface area (Å²) in [5, 5.41) is 10.4. The van der Waals surface area contributed by atoms with Gasteiger partial charge in [-0.05, 0) is 53.5 Å². The first kappa shape index (κ1) is 14.8. The molecule has 0 bridgehead atoms. The molecule has 1 fully saturated rings. The molecule has 1 aliphatic carbocycles. The van der Waals surface area contributed by atoms with Gasteiger partial charge in [0.2, 0.25) is 0 Å². The van der Waals surface area contributed by atoms with Crippen LogP contribution in [0, 0.1) is 0 Å². The van der Waals surface area contributed by atoms with Gasteiger partial charge in [0.05, 0.1) is 17.2 Å². The maximum atomic E-state index is 10.4. The average molecular weight is 328 g/mol. The molecule has 0 aromatic heterocycles. The number of hydrogen-bond donors (Lipinski definition) is 1. The van der Waals surface area contributed by atoms with Crippen molar-refractivity contribution < 1.29 is 9.84 Å². The fourth-order valence-electron chi connectivity index (χ4n) is 2.87. The molecule has 106 valence electrons. The minimum atomic E-state index is -0.474. The highest BCUT2D eigenvalue weighted by Crippen LogP contribution is 2.31. The predicted octanol–water partition coefficient (Wildman–Crippen LogP) is 3.19. The monoisotopic (exact) mass is 327 g/mol. The summed E-state index contributed by atoms with van der Waals surface area (Å²) in [7, 11) is 3.73.